The van der Waals surface area contributed by atoms with Crippen molar-refractivity contribution < 1.29 is 19.0 Å². The van der Waals surface area contributed by atoms with Gasteiger partial charge in [-0.05, 0) is 71.5 Å². The summed E-state index contributed by atoms with van der Waals surface area (Å²) < 4.78 is 19.2. The molecule has 1 spiro atoms. The molecule has 0 bridgehead atoms. The number of halogens is 1. The first-order valence-corrected chi connectivity index (χ1v) is 15.2. The molecule has 3 aliphatic heterocycles. The molecule has 1 saturated heterocycles. The van der Waals surface area contributed by atoms with E-state index in [1.165, 1.54) is 11.8 Å². The van der Waals surface area contributed by atoms with Gasteiger partial charge < -0.3 is 29.0 Å². The molecule has 3 atom stereocenters. The van der Waals surface area contributed by atoms with Crippen LogP contribution in [-0.4, -0.2) is 72.1 Å². The highest BCUT2D eigenvalue weighted by Gasteiger charge is 2.57. The number of nitrogens with zero attached hydrogens (tertiary/aromatic N) is 2. The van der Waals surface area contributed by atoms with Crippen LogP contribution in [0.5, 0.6) is 11.5 Å². The Hall–Kier alpha value is -2.20. The molecule has 1 amide bonds. The van der Waals surface area contributed by atoms with Gasteiger partial charge in [0.15, 0.2) is 11.5 Å². The molecule has 0 unspecified atom stereocenters. The average molecular weight is 574 g/mol. The molecule has 6 rings (SSSR count). The van der Waals surface area contributed by atoms with Crippen molar-refractivity contribution in [2.45, 2.75) is 81.2 Å². The van der Waals surface area contributed by atoms with Crippen molar-refractivity contribution in [1.82, 2.24) is 14.8 Å². The van der Waals surface area contributed by atoms with E-state index in [0.29, 0.717) is 46.8 Å². The van der Waals surface area contributed by atoms with Gasteiger partial charge in [-0.2, -0.15) is 0 Å². The number of likely N-dealkylation sites (N-methyl/N-ethyl adjacent to an activating group) is 1. The van der Waals surface area contributed by atoms with Crippen LogP contribution in [0, 0.1) is 13.8 Å². The summed E-state index contributed by atoms with van der Waals surface area (Å²) in [5, 5.41) is 0.472. The van der Waals surface area contributed by atoms with Crippen molar-refractivity contribution >= 4 is 29.3 Å². The topological polar surface area (TPSA) is 84.1 Å². The Kier molecular flexibility index (Phi) is 6.53. The lowest BCUT2D eigenvalue weighted by molar-refractivity contribution is -0.190. The van der Waals surface area contributed by atoms with E-state index in [-0.39, 0.29) is 29.5 Å². The summed E-state index contributed by atoms with van der Waals surface area (Å²) in [5.41, 5.74) is 3.22. The highest BCUT2D eigenvalue weighted by Crippen LogP contribution is 2.61. The Bertz CT molecular complexity index is 1410. The molecule has 1 aliphatic carbocycles. The average Bonchev–Trinajstić information content (AvgIpc) is 3.56. The smallest absolute Gasteiger partial charge is 0.274 e. The van der Waals surface area contributed by atoms with Crippen LogP contribution in [-0.2, 0) is 16.7 Å². The highest BCUT2D eigenvalue weighted by atomic mass is 35.5. The zero-order chi connectivity index (χ0) is 27.9. The number of thioether (sulfide) groups is 1. The number of aryl methyl sites for hydroxylation is 1. The van der Waals surface area contributed by atoms with E-state index in [4.69, 9.17) is 25.8 Å². The molecule has 39 heavy (non-hydrogen) atoms. The zero-order valence-electron chi connectivity index (χ0n) is 23.4. The fourth-order valence-electron chi connectivity index (χ4n) is 6.46. The first kappa shape index (κ1) is 27.0. The number of carbonyl (C=O) groups is 1. The van der Waals surface area contributed by atoms with Crippen LogP contribution >= 0.6 is 23.4 Å². The number of hydrogen-bond acceptors (Lipinski definition) is 7. The quantitative estimate of drug-likeness (QED) is 0.521. The van der Waals surface area contributed by atoms with Crippen LogP contribution in [0.15, 0.2) is 15.8 Å². The predicted octanol–water partition coefficient (Wildman–Crippen LogP) is 4.65. The third kappa shape index (κ3) is 4.28. The molecule has 2 fully saturated rings. The van der Waals surface area contributed by atoms with E-state index in [9.17, 15) is 9.59 Å². The van der Waals surface area contributed by atoms with Gasteiger partial charge in [-0.1, -0.05) is 11.6 Å². The van der Waals surface area contributed by atoms with Gasteiger partial charge in [-0.3, -0.25) is 9.59 Å². The number of H-pyrrole nitrogens is 1. The minimum Gasteiger partial charge on any atom is -0.446 e. The number of amides is 1. The molecule has 1 N–H and O–H groups in total. The van der Waals surface area contributed by atoms with Crippen LogP contribution in [0.3, 0.4) is 0 Å². The van der Waals surface area contributed by atoms with Crippen molar-refractivity contribution in [2.75, 3.05) is 33.5 Å². The molecule has 8 nitrogen and oxygen atoms in total. The van der Waals surface area contributed by atoms with Crippen LogP contribution in [0.4, 0.5) is 0 Å². The van der Waals surface area contributed by atoms with Crippen molar-refractivity contribution in [3.8, 4) is 11.5 Å². The molecule has 1 saturated carbocycles. The van der Waals surface area contributed by atoms with Gasteiger partial charge in [-0.25, -0.2) is 0 Å². The number of rotatable bonds is 5. The number of nitrogens with one attached hydrogen (secondary N) is 1. The largest absolute Gasteiger partial charge is 0.446 e. The van der Waals surface area contributed by atoms with Gasteiger partial charge in [0, 0.05) is 41.1 Å². The molecule has 4 heterocycles. The maximum Gasteiger partial charge on any atom is 0.274 e. The lowest BCUT2D eigenvalue weighted by Crippen LogP contribution is -2.53. The predicted molar refractivity (Wildman–Crippen MR) is 152 cm³/mol. The summed E-state index contributed by atoms with van der Waals surface area (Å²) in [6, 6.07) is 2.32. The fraction of sp³-hybridized carbons (Fsp3) is 0.586. The van der Waals surface area contributed by atoms with Crippen LogP contribution < -0.4 is 15.0 Å². The van der Waals surface area contributed by atoms with Crippen molar-refractivity contribution in [3.05, 3.63) is 49.4 Å². The van der Waals surface area contributed by atoms with Gasteiger partial charge >= 0.3 is 0 Å². The summed E-state index contributed by atoms with van der Waals surface area (Å²) in [6.45, 7) is 7.05. The lowest BCUT2D eigenvalue weighted by atomic mass is 9.83. The second kappa shape index (κ2) is 9.43. The Morgan fingerprint density at radius 1 is 1.18 bits per heavy atom. The first-order valence-electron chi connectivity index (χ1n) is 13.6. The monoisotopic (exact) mass is 573 g/mol. The normalized spacial score (nSPS) is 26.9. The molecular formula is C29H36ClN3O5S. The second-order valence-electron chi connectivity index (χ2n) is 11.9. The molecule has 4 aliphatic rings. The van der Waals surface area contributed by atoms with Gasteiger partial charge in [-0.15, -0.1) is 11.8 Å². The molecule has 2 aromatic rings. The standard InChI is InChI=1S/C29H36ClN3O5S/c1-15-11-19(39-6)18(26(34)31-15)12-33-14-29(9-10-29)22-21(27(33)35)16(2)24-25(23(22)30)38-28(3,37-24)20-8-7-17(13-36-20)32(4)5/h11,17,20H,7-10,12-14H2,1-6H3,(H,31,34)/t17-,20+,28+/m1/s1. The number of ether oxygens (including phenoxy) is 3. The Morgan fingerprint density at radius 2 is 1.90 bits per heavy atom. The molecular weight excluding hydrogens is 538 g/mol. The summed E-state index contributed by atoms with van der Waals surface area (Å²) in [4.78, 5) is 34.7. The summed E-state index contributed by atoms with van der Waals surface area (Å²) in [7, 11) is 4.13. The minimum absolute atomic E-state index is 0.128. The van der Waals surface area contributed by atoms with Gasteiger partial charge in [0.05, 0.1) is 29.3 Å². The Labute approximate surface area is 238 Å². The van der Waals surface area contributed by atoms with E-state index in [1.54, 1.807) is 0 Å². The zero-order valence-corrected chi connectivity index (χ0v) is 25.0. The summed E-state index contributed by atoms with van der Waals surface area (Å²) in [6.07, 6.45) is 5.32. The number of aromatic nitrogens is 1. The van der Waals surface area contributed by atoms with E-state index in [2.05, 4.69) is 24.0 Å². The van der Waals surface area contributed by atoms with Gasteiger partial charge in [0.1, 0.15) is 6.10 Å². The number of benzene rings is 1. The molecule has 210 valence electrons. The van der Waals surface area contributed by atoms with E-state index in [1.807, 2.05) is 38.0 Å². The number of aromatic amines is 1. The summed E-state index contributed by atoms with van der Waals surface area (Å²) in [5.74, 6) is -0.124. The maximum atomic E-state index is 14.1. The molecule has 10 heteroatoms. The van der Waals surface area contributed by atoms with Crippen LogP contribution in [0.25, 0.3) is 0 Å². The van der Waals surface area contributed by atoms with Gasteiger partial charge in [0.25, 0.3) is 17.3 Å². The number of fused-ring (bicyclic) bond motifs is 3. The number of carbonyl (C=O) groups excluding carboxylic acids is 1. The maximum absolute atomic E-state index is 14.1. The second-order valence-corrected chi connectivity index (χ2v) is 13.1. The fourth-order valence-corrected chi connectivity index (χ4v) is 7.58. The Morgan fingerprint density at radius 3 is 2.51 bits per heavy atom. The molecule has 1 aromatic carbocycles. The van der Waals surface area contributed by atoms with E-state index >= 15 is 0 Å². The number of pyridine rings is 1. The van der Waals surface area contributed by atoms with Crippen molar-refractivity contribution in [3.63, 3.8) is 0 Å². The molecule has 0 radical (unpaired) electrons. The van der Waals surface area contributed by atoms with E-state index in [0.717, 1.165) is 47.4 Å². The lowest BCUT2D eigenvalue weighted by Gasteiger charge is -2.38. The third-order valence-electron chi connectivity index (χ3n) is 8.94. The highest BCUT2D eigenvalue weighted by molar-refractivity contribution is 7.98. The number of hydrogen-bond donors (Lipinski definition) is 1. The van der Waals surface area contributed by atoms with E-state index < -0.39 is 5.79 Å². The first-order chi connectivity index (χ1) is 18.5. The SMILES string of the molecule is CSc1cc(C)[nH]c(=O)c1CN1CC2(CC2)c2c(Cl)c3c(c(C)c2C1=O)O[C@](C)([C@@H]1CC[C@@H](N(C)C)CO1)O3. The van der Waals surface area contributed by atoms with Crippen molar-refractivity contribution in [2.24, 2.45) is 0 Å². The van der Waals surface area contributed by atoms with Crippen LogP contribution in [0.2, 0.25) is 5.02 Å². The van der Waals surface area contributed by atoms with Crippen LogP contribution in [0.1, 0.15) is 65.3 Å². The van der Waals surface area contributed by atoms with Gasteiger partial charge in [0.2, 0.25) is 0 Å². The summed E-state index contributed by atoms with van der Waals surface area (Å²) >= 11 is 8.60. The van der Waals surface area contributed by atoms with Crippen molar-refractivity contribution in [1.29, 1.82) is 0 Å². The third-order valence-corrected chi connectivity index (χ3v) is 10.1. The molecule has 1 aromatic heterocycles. The minimum atomic E-state index is -1.03. The Balaban J connectivity index is 1.35.